The molecule has 3 aromatic rings. The molecule has 1 saturated heterocycles. The Bertz CT molecular complexity index is 1180. The minimum Gasteiger partial charge on any atom is -0.417 e. The quantitative estimate of drug-likeness (QED) is 0.272. The maximum atomic E-state index is 13.0. The number of piperidine rings is 1. The van der Waals surface area contributed by atoms with Gasteiger partial charge in [0.2, 0.25) is 5.91 Å². The first-order chi connectivity index (χ1) is 17.0. The van der Waals surface area contributed by atoms with Crippen LogP contribution >= 0.6 is 0 Å². The maximum Gasteiger partial charge on any atom is 0.225 e. The Hall–Kier alpha value is -2.58. The molecule has 1 atom stereocenters. The average molecular weight is 508 g/mol. The SMILES string of the molecule is CC(CCCO[Si](C)(C)C(C)(C)C)C(=O)N1CCC(n2cc(-c3cnc4ccccc4n3)cn2)CC1. The third-order valence-electron chi connectivity index (χ3n) is 7.97. The number of nitrogens with zero attached hydrogens (tertiary/aromatic N) is 5. The van der Waals surface area contributed by atoms with Gasteiger partial charge in [-0.25, -0.2) is 4.98 Å². The molecule has 0 spiro atoms. The van der Waals surface area contributed by atoms with Gasteiger partial charge in [0.25, 0.3) is 0 Å². The van der Waals surface area contributed by atoms with Gasteiger partial charge in [0.15, 0.2) is 8.32 Å². The van der Waals surface area contributed by atoms with E-state index in [9.17, 15) is 4.79 Å². The number of para-hydroxylation sites is 2. The van der Waals surface area contributed by atoms with Crippen molar-refractivity contribution in [2.45, 2.75) is 77.6 Å². The smallest absolute Gasteiger partial charge is 0.225 e. The minimum atomic E-state index is -1.72. The lowest BCUT2D eigenvalue weighted by atomic mass is 10.00. The van der Waals surface area contributed by atoms with Gasteiger partial charge in [0.1, 0.15) is 0 Å². The van der Waals surface area contributed by atoms with Crippen LogP contribution in [0.15, 0.2) is 42.9 Å². The molecule has 0 aliphatic carbocycles. The van der Waals surface area contributed by atoms with E-state index in [1.54, 1.807) is 0 Å². The number of fused-ring (bicyclic) bond motifs is 1. The molecule has 0 bridgehead atoms. The topological polar surface area (TPSA) is 73.1 Å². The fraction of sp³-hybridized carbons (Fsp3) is 0.571. The number of benzene rings is 1. The molecular formula is C28H41N5O2Si. The Labute approximate surface area is 216 Å². The first-order valence-corrected chi connectivity index (χ1v) is 16.1. The lowest BCUT2D eigenvalue weighted by molar-refractivity contribution is -0.136. The molecule has 8 heteroatoms. The van der Waals surface area contributed by atoms with Crippen molar-refractivity contribution in [1.29, 1.82) is 0 Å². The summed E-state index contributed by atoms with van der Waals surface area (Å²) in [6, 6.07) is 8.19. The van der Waals surface area contributed by atoms with E-state index in [2.05, 4.69) is 57.1 Å². The van der Waals surface area contributed by atoms with Gasteiger partial charge in [-0.2, -0.15) is 5.10 Å². The van der Waals surface area contributed by atoms with E-state index >= 15 is 0 Å². The summed E-state index contributed by atoms with van der Waals surface area (Å²) in [5.41, 5.74) is 3.58. The highest BCUT2D eigenvalue weighted by atomic mass is 28.4. The van der Waals surface area contributed by atoms with Gasteiger partial charge >= 0.3 is 0 Å². The molecule has 1 aliphatic heterocycles. The van der Waals surface area contributed by atoms with Crippen LogP contribution in [-0.2, 0) is 9.22 Å². The van der Waals surface area contributed by atoms with Crippen LogP contribution in [-0.4, -0.2) is 58.6 Å². The molecule has 194 valence electrons. The second-order valence-electron chi connectivity index (χ2n) is 11.7. The van der Waals surface area contributed by atoms with Gasteiger partial charge in [0.05, 0.1) is 35.2 Å². The van der Waals surface area contributed by atoms with Crippen LogP contribution < -0.4 is 0 Å². The van der Waals surface area contributed by atoms with Crippen molar-refractivity contribution in [2.75, 3.05) is 19.7 Å². The summed E-state index contributed by atoms with van der Waals surface area (Å²) in [5.74, 6) is 0.306. The van der Waals surface area contributed by atoms with Crippen LogP contribution in [0.3, 0.4) is 0 Å². The standard InChI is InChI=1S/C28H41N5O2Si/c1-21(10-9-17-35-36(5,6)28(2,3)4)27(34)32-15-13-23(14-16-32)33-20-22(18-30-33)26-19-29-24-11-7-8-12-25(24)31-26/h7-8,11-12,18-21,23H,9-10,13-17H2,1-6H3. The van der Waals surface area contributed by atoms with E-state index in [1.807, 2.05) is 46.2 Å². The minimum absolute atomic E-state index is 0.0346. The van der Waals surface area contributed by atoms with E-state index in [0.717, 1.165) is 67.7 Å². The molecule has 0 N–H and O–H groups in total. The van der Waals surface area contributed by atoms with Crippen LogP contribution in [0.2, 0.25) is 18.1 Å². The molecule has 1 fully saturated rings. The molecule has 4 rings (SSSR count). The number of carbonyl (C=O) groups is 1. The summed E-state index contributed by atoms with van der Waals surface area (Å²) in [7, 11) is -1.72. The van der Waals surface area contributed by atoms with E-state index < -0.39 is 8.32 Å². The molecule has 1 unspecified atom stereocenters. The normalized spacial score (nSPS) is 16.4. The number of likely N-dealkylation sites (tertiary alicyclic amines) is 1. The molecule has 2 aromatic heterocycles. The van der Waals surface area contributed by atoms with E-state index in [4.69, 9.17) is 9.41 Å². The Morgan fingerprint density at radius 2 is 1.83 bits per heavy atom. The summed E-state index contributed by atoms with van der Waals surface area (Å²) >= 11 is 0. The van der Waals surface area contributed by atoms with Crippen LogP contribution in [0.4, 0.5) is 0 Å². The number of amides is 1. The summed E-state index contributed by atoms with van der Waals surface area (Å²) in [5, 5.41) is 4.84. The molecular weight excluding hydrogens is 466 g/mol. The summed E-state index contributed by atoms with van der Waals surface area (Å²) in [6.45, 7) is 15.7. The molecule has 3 heterocycles. The molecule has 1 aromatic carbocycles. The fourth-order valence-electron chi connectivity index (χ4n) is 4.49. The van der Waals surface area contributed by atoms with E-state index in [1.165, 1.54) is 0 Å². The highest BCUT2D eigenvalue weighted by Crippen LogP contribution is 2.36. The summed E-state index contributed by atoms with van der Waals surface area (Å²) in [4.78, 5) is 24.3. The van der Waals surface area contributed by atoms with Crippen LogP contribution in [0.5, 0.6) is 0 Å². The van der Waals surface area contributed by atoms with Crippen LogP contribution in [0, 0.1) is 5.92 Å². The number of hydrogen-bond donors (Lipinski definition) is 0. The lowest BCUT2D eigenvalue weighted by Crippen LogP contribution is -2.42. The first kappa shape index (κ1) is 26.5. The second kappa shape index (κ2) is 10.8. The third-order valence-corrected chi connectivity index (χ3v) is 12.5. The number of rotatable bonds is 8. The zero-order valence-corrected chi connectivity index (χ0v) is 23.7. The fourth-order valence-corrected chi connectivity index (χ4v) is 5.57. The molecule has 1 aliphatic rings. The lowest BCUT2D eigenvalue weighted by Gasteiger charge is -2.36. The average Bonchev–Trinajstić information content (AvgIpc) is 3.35. The van der Waals surface area contributed by atoms with Gasteiger partial charge in [-0.15, -0.1) is 0 Å². The van der Waals surface area contributed by atoms with Crippen LogP contribution in [0.25, 0.3) is 22.3 Å². The van der Waals surface area contributed by atoms with E-state index in [-0.39, 0.29) is 16.9 Å². The highest BCUT2D eigenvalue weighted by molar-refractivity contribution is 6.74. The molecule has 7 nitrogen and oxygen atoms in total. The van der Waals surface area contributed by atoms with Crippen molar-refractivity contribution in [3.63, 3.8) is 0 Å². The predicted molar refractivity (Wildman–Crippen MR) is 147 cm³/mol. The second-order valence-corrected chi connectivity index (χ2v) is 16.5. The van der Waals surface area contributed by atoms with Gasteiger partial charge in [-0.1, -0.05) is 39.8 Å². The molecule has 0 saturated carbocycles. The molecule has 1 amide bonds. The number of hydrogen-bond acceptors (Lipinski definition) is 5. The van der Waals surface area contributed by atoms with Crippen molar-refractivity contribution < 1.29 is 9.22 Å². The molecule has 0 radical (unpaired) electrons. The Morgan fingerprint density at radius 1 is 1.14 bits per heavy atom. The van der Waals surface area contributed by atoms with Crippen molar-refractivity contribution in [3.8, 4) is 11.3 Å². The largest absolute Gasteiger partial charge is 0.417 e. The third kappa shape index (κ3) is 6.03. The molecule has 36 heavy (non-hydrogen) atoms. The zero-order chi connectivity index (χ0) is 25.9. The Balaban J connectivity index is 1.25. The van der Waals surface area contributed by atoms with Gasteiger partial charge < -0.3 is 9.33 Å². The predicted octanol–water partition coefficient (Wildman–Crippen LogP) is 6.09. The van der Waals surface area contributed by atoms with Crippen LogP contribution in [0.1, 0.15) is 59.4 Å². The first-order valence-electron chi connectivity index (χ1n) is 13.2. The zero-order valence-electron chi connectivity index (χ0n) is 22.7. The van der Waals surface area contributed by atoms with Crippen molar-refractivity contribution in [1.82, 2.24) is 24.6 Å². The number of carbonyl (C=O) groups excluding carboxylic acids is 1. The monoisotopic (exact) mass is 507 g/mol. The maximum absolute atomic E-state index is 13.0. The highest BCUT2D eigenvalue weighted by Gasteiger charge is 2.37. The van der Waals surface area contributed by atoms with Gasteiger partial charge in [0, 0.05) is 37.4 Å². The van der Waals surface area contributed by atoms with Crippen molar-refractivity contribution in [3.05, 3.63) is 42.9 Å². The van der Waals surface area contributed by atoms with Crippen molar-refractivity contribution in [2.24, 2.45) is 5.92 Å². The Kier molecular flexibility index (Phi) is 7.95. The summed E-state index contributed by atoms with van der Waals surface area (Å²) in [6.07, 6.45) is 9.38. The number of aromatic nitrogens is 4. The van der Waals surface area contributed by atoms with Crippen molar-refractivity contribution >= 4 is 25.3 Å². The van der Waals surface area contributed by atoms with E-state index in [0.29, 0.717) is 6.04 Å². The Morgan fingerprint density at radius 3 is 2.53 bits per heavy atom. The van der Waals surface area contributed by atoms with Gasteiger partial charge in [-0.05, 0) is 55.9 Å². The van der Waals surface area contributed by atoms with Gasteiger partial charge in [-0.3, -0.25) is 14.5 Å². The summed E-state index contributed by atoms with van der Waals surface area (Å²) < 4.78 is 8.32.